The standard InChI is InChI=1S/C17H12F6O/c18-16(19,20)13(11-7-3-1-4-8-11)15(24)14(17(21,22)23)12-9-5-2-6-10-12/h1-10,13-14H. The first kappa shape index (κ1) is 18.0. The third-order valence-electron chi connectivity index (χ3n) is 3.49. The topological polar surface area (TPSA) is 17.1 Å². The molecule has 0 amide bonds. The Kier molecular flexibility index (Phi) is 5.01. The van der Waals surface area contributed by atoms with Gasteiger partial charge in [0, 0.05) is 0 Å². The zero-order valence-corrected chi connectivity index (χ0v) is 12.1. The van der Waals surface area contributed by atoms with E-state index in [1.54, 1.807) is 0 Å². The molecule has 0 aliphatic carbocycles. The van der Waals surface area contributed by atoms with Crippen LogP contribution in [0.5, 0.6) is 0 Å². The van der Waals surface area contributed by atoms with Crippen molar-refractivity contribution in [3.8, 4) is 0 Å². The van der Waals surface area contributed by atoms with E-state index in [0.717, 1.165) is 24.3 Å². The molecule has 0 spiro atoms. The monoisotopic (exact) mass is 346 g/mol. The highest BCUT2D eigenvalue weighted by Gasteiger charge is 2.55. The summed E-state index contributed by atoms with van der Waals surface area (Å²) in [5, 5.41) is 0. The van der Waals surface area contributed by atoms with Crippen molar-refractivity contribution < 1.29 is 31.1 Å². The average molecular weight is 346 g/mol. The SMILES string of the molecule is O=C(C(c1ccccc1)C(F)(F)F)C(c1ccccc1)C(F)(F)F. The van der Waals surface area contributed by atoms with Gasteiger partial charge in [0.05, 0.1) is 0 Å². The normalized spacial score (nSPS) is 14.9. The summed E-state index contributed by atoms with van der Waals surface area (Å²) in [6.07, 6.45) is -10.3. The van der Waals surface area contributed by atoms with Crippen molar-refractivity contribution in [1.29, 1.82) is 0 Å². The summed E-state index contributed by atoms with van der Waals surface area (Å²) in [7, 11) is 0. The van der Waals surface area contributed by atoms with Crippen LogP contribution in [0, 0.1) is 0 Å². The van der Waals surface area contributed by atoms with E-state index in [4.69, 9.17) is 0 Å². The van der Waals surface area contributed by atoms with Crippen LogP contribution in [0.15, 0.2) is 60.7 Å². The molecule has 0 radical (unpaired) electrons. The minimum atomic E-state index is -5.13. The number of rotatable bonds is 4. The second-order valence-corrected chi connectivity index (χ2v) is 5.17. The summed E-state index contributed by atoms with van der Waals surface area (Å²) in [4.78, 5) is 12.3. The quantitative estimate of drug-likeness (QED) is 0.691. The Balaban J connectivity index is 2.54. The molecule has 2 aromatic carbocycles. The number of ketones is 1. The molecule has 0 N–H and O–H groups in total. The van der Waals surface area contributed by atoms with Crippen molar-refractivity contribution >= 4 is 5.78 Å². The number of halogens is 6. The Morgan fingerprint density at radius 3 is 1.17 bits per heavy atom. The predicted molar refractivity (Wildman–Crippen MR) is 75.5 cm³/mol. The zero-order valence-electron chi connectivity index (χ0n) is 12.1. The third-order valence-corrected chi connectivity index (χ3v) is 3.49. The minimum Gasteiger partial charge on any atom is -0.298 e. The van der Waals surface area contributed by atoms with Gasteiger partial charge in [-0.15, -0.1) is 0 Å². The number of alkyl halides is 6. The van der Waals surface area contributed by atoms with Crippen molar-refractivity contribution in [2.75, 3.05) is 0 Å². The van der Waals surface area contributed by atoms with Gasteiger partial charge >= 0.3 is 12.4 Å². The minimum absolute atomic E-state index is 0.514. The molecule has 0 bridgehead atoms. The van der Waals surface area contributed by atoms with Crippen LogP contribution in [0.1, 0.15) is 23.0 Å². The van der Waals surface area contributed by atoms with Crippen molar-refractivity contribution in [2.45, 2.75) is 24.2 Å². The maximum atomic E-state index is 13.3. The molecule has 24 heavy (non-hydrogen) atoms. The Bertz CT molecular complexity index is 616. The number of carbonyl (C=O) groups excluding carboxylic acids is 1. The van der Waals surface area contributed by atoms with Crippen LogP contribution in [-0.4, -0.2) is 18.1 Å². The smallest absolute Gasteiger partial charge is 0.298 e. The van der Waals surface area contributed by atoms with Crippen LogP contribution in [0.4, 0.5) is 26.3 Å². The van der Waals surface area contributed by atoms with E-state index in [1.807, 2.05) is 0 Å². The molecule has 0 heterocycles. The lowest BCUT2D eigenvalue weighted by atomic mass is 9.83. The Morgan fingerprint density at radius 1 is 0.625 bits per heavy atom. The first-order valence-corrected chi connectivity index (χ1v) is 6.89. The number of hydrogen-bond donors (Lipinski definition) is 0. The summed E-state index contributed by atoms with van der Waals surface area (Å²) < 4.78 is 80.0. The van der Waals surface area contributed by atoms with E-state index in [9.17, 15) is 31.1 Å². The molecule has 0 fully saturated rings. The van der Waals surface area contributed by atoms with Crippen molar-refractivity contribution in [2.24, 2.45) is 0 Å². The molecule has 2 aromatic rings. The first-order valence-electron chi connectivity index (χ1n) is 6.89. The van der Waals surface area contributed by atoms with Crippen LogP contribution in [0.3, 0.4) is 0 Å². The highest BCUT2D eigenvalue weighted by Crippen LogP contribution is 2.44. The largest absolute Gasteiger partial charge is 0.402 e. The van der Waals surface area contributed by atoms with Crippen LogP contribution < -0.4 is 0 Å². The molecular formula is C17H12F6O. The van der Waals surface area contributed by atoms with Crippen LogP contribution in [0.2, 0.25) is 0 Å². The molecule has 1 nitrogen and oxygen atoms in total. The van der Waals surface area contributed by atoms with Crippen molar-refractivity contribution in [1.82, 2.24) is 0 Å². The van der Waals surface area contributed by atoms with Gasteiger partial charge in [-0.05, 0) is 11.1 Å². The second kappa shape index (κ2) is 6.67. The molecule has 0 aromatic heterocycles. The summed E-state index contributed by atoms with van der Waals surface area (Å²) in [5.41, 5.74) is -1.03. The van der Waals surface area contributed by atoms with Gasteiger partial charge in [0.1, 0.15) is 11.8 Å². The Hall–Kier alpha value is -2.31. The van der Waals surface area contributed by atoms with E-state index in [1.165, 1.54) is 36.4 Å². The van der Waals surface area contributed by atoms with E-state index < -0.39 is 41.1 Å². The first-order chi connectivity index (χ1) is 11.1. The average Bonchev–Trinajstić information content (AvgIpc) is 2.46. The Morgan fingerprint density at radius 2 is 0.917 bits per heavy atom. The maximum Gasteiger partial charge on any atom is 0.402 e. The molecule has 128 valence electrons. The van der Waals surface area contributed by atoms with Gasteiger partial charge in [-0.2, -0.15) is 26.3 Å². The van der Waals surface area contributed by atoms with E-state index in [0.29, 0.717) is 0 Å². The number of Topliss-reactive ketones (excluding diaryl/α,β-unsaturated/α-hetero) is 1. The number of benzene rings is 2. The molecule has 2 rings (SSSR count). The van der Waals surface area contributed by atoms with Crippen LogP contribution >= 0.6 is 0 Å². The lowest BCUT2D eigenvalue weighted by Gasteiger charge is -2.26. The summed E-state index contributed by atoms with van der Waals surface area (Å²) in [6.45, 7) is 0. The van der Waals surface area contributed by atoms with Gasteiger partial charge < -0.3 is 0 Å². The third kappa shape index (κ3) is 3.96. The van der Waals surface area contributed by atoms with Crippen LogP contribution in [-0.2, 0) is 4.79 Å². The van der Waals surface area contributed by atoms with Gasteiger partial charge in [0.15, 0.2) is 5.78 Å². The van der Waals surface area contributed by atoms with Gasteiger partial charge in [-0.1, -0.05) is 60.7 Å². The van der Waals surface area contributed by atoms with Crippen molar-refractivity contribution in [3.05, 3.63) is 71.8 Å². The fraction of sp³-hybridized carbons (Fsp3) is 0.235. The lowest BCUT2D eigenvalue weighted by molar-refractivity contribution is -0.183. The van der Waals surface area contributed by atoms with Gasteiger partial charge in [0.2, 0.25) is 0 Å². The molecule has 0 aliphatic rings. The molecule has 7 heteroatoms. The maximum absolute atomic E-state index is 13.3. The molecule has 2 unspecified atom stereocenters. The van der Waals surface area contributed by atoms with Crippen LogP contribution in [0.25, 0.3) is 0 Å². The summed E-state index contributed by atoms with van der Waals surface area (Å²) in [6, 6.07) is 11.8. The number of carbonyl (C=O) groups is 1. The fourth-order valence-electron chi connectivity index (χ4n) is 2.49. The summed E-state index contributed by atoms with van der Waals surface area (Å²) in [5.74, 6) is -7.62. The zero-order chi connectivity index (χ0) is 18.0. The molecule has 0 aliphatic heterocycles. The highest BCUT2D eigenvalue weighted by molar-refractivity contribution is 5.93. The predicted octanol–water partition coefficient (Wildman–Crippen LogP) is 5.25. The number of hydrogen-bond acceptors (Lipinski definition) is 1. The van der Waals surface area contributed by atoms with E-state index >= 15 is 0 Å². The van der Waals surface area contributed by atoms with Gasteiger partial charge in [-0.3, -0.25) is 4.79 Å². The molecular weight excluding hydrogens is 334 g/mol. The van der Waals surface area contributed by atoms with E-state index in [2.05, 4.69) is 0 Å². The fourth-order valence-corrected chi connectivity index (χ4v) is 2.49. The lowest BCUT2D eigenvalue weighted by Crippen LogP contribution is -2.38. The highest BCUT2D eigenvalue weighted by atomic mass is 19.4. The van der Waals surface area contributed by atoms with Gasteiger partial charge in [-0.25, -0.2) is 0 Å². The molecule has 0 saturated carbocycles. The summed E-state index contributed by atoms with van der Waals surface area (Å²) >= 11 is 0. The molecule has 2 atom stereocenters. The molecule has 0 saturated heterocycles. The van der Waals surface area contributed by atoms with Gasteiger partial charge in [0.25, 0.3) is 0 Å². The Labute approximate surface area is 133 Å². The van der Waals surface area contributed by atoms with Crippen molar-refractivity contribution in [3.63, 3.8) is 0 Å². The second-order valence-electron chi connectivity index (χ2n) is 5.17. The van der Waals surface area contributed by atoms with E-state index in [-0.39, 0.29) is 0 Å².